The highest BCUT2D eigenvalue weighted by Gasteiger charge is 2.34. The van der Waals surface area contributed by atoms with Crippen LogP contribution >= 0.6 is 11.3 Å². The average molecular weight is 427 g/mol. The number of methoxy groups -OCH3 is 1. The van der Waals surface area contributed by atoms with E-state index in [1.165, 1.54) is 27.7 Å². The van der Waals surface area contributed by atoms with Crippen molar-refractivity contribution in [3.8, 4) is 0 Å². The fourth-order valence-electron chi connectivity index (χ4n) is 2.96. The number of amides is 1. The summed E-state index contributed by atoms with van der Waals surface area (Å²) in [6.45, 7) is 5.58. The lowest BCUT2D eigenvalue weighted by molar-refractivity contribution is 0.0577. The molecule has 0 radical (unpaired) electrons. The minimum Gasteiger partial charge on any atom is -0.465 e. The second-order valence-corrected chi connectivity index (χ2v) is 10.4. The van der Waals surface area contributed by atoms with Crippen LogP contribution in [0, 0.1) is 0 Å². The number of hydrogen-bond donors (Lipinski definition) is 0. The molecule has 3 rings (SSSR count). The van der Waals surface area contributed by atoms with E-state index < -0.39 is 27.7 Å². The van der Waals surface area contributed by atoms with E-state index in [9.17, 15) is 18.0 Å². The lowest BCUT2D eigenvalue weighted by Gasteiger charge is -2.37. The van der Waals surface area contributed by atoms with Gasteiger partial charge in [0, 0.05) is 11.2 Å². The minimum absolute atomic E-state index is 0.116. The van der Waals surface area contributed by atoms with Crippen LogP contribution in [-0.4, -0.2) is 52.5 Å². The van der Waals surface area contributed by atoms with Crippen LogP contribution in [-0.2, 0) is 19.5 Å². The SMILES string of the molecule is COC(=O)c1cc2cc3c(cc2s1)N(C(=O)OC(C)(C)C)CCN3S(C)(=O)=O. The van der Waals surface area contributed by atoms with Crippen LogP contribution in [0.25, 0.3) is 10.1 Å². The van der Waals surface area contributed by atoms with Gasteiger partial charge in [-0.05, 0) is 44.4 Å². The molecular formula is C18H22N2O6S2. The van der Waals surface area contributed by atoms with Gasteiger partial charge in [0.1, 0.15) is 10.5 Å². The molecule has 152 valence electrons. The first kappa shape index (κ1) is 20.4. The number of hydrogen-bond acceptors (Lipinski definition) is 7. The Labute approximate surface area is 167 Å². The average Bonchev–Trinajstić information content (AvgIpc) is 2.98. The van der Waals surface area contributed by atoms with Gasteiger partial charge in [0.2, 0.25) is 10.0 Å². The highest BCUT2D eigenvalue weighted by molar-refractivity contribution is 7.92. The first-order valence-corrected chi connectivity index (χ1v) is 11.2. The lowest BCUT2D eigenvalue weighted by atomic mass is 10.1. The van der Waals surface area contributed by atoms with Gasteiger partial charge >= 0.3 is 12.1 Å². The van der Waals surface area contributed by atoms with Crippen molar-refractivity contribution in [1.29, 1.82) is 0 Å². The van der Waals surface area contributed by atoms with Crippen molar-refractivity contribution in [2.75, 3.05) is 35.7 Å². The quantitative estimate of drug-likeness (QED) is 0.685. The molecule has 0 saturated carbocycles. The first-order chi connectivity index (χ1) is 12.9. The molecular weight excluding hydrogens is 404 g/mol. The van der Waals surface area contributed by atoms with Gasteiger partial charge < -0.3 is 9.47 Å². The van der Waals surface area contributed by atoms with Crippen molar-refractivity contribution in [3.05, 3.63) is 23.1 Å². The second kappa shape index (κ2) is 6.93. The summed E-state index contributed by atoms with van der Waals surface area (Å²) in [6.07, 6.45) is 0.573. The van der Waals surface area contributed by atoms with E-state index in [0.29, 0.717) is 21.6 Å². The van der Waals surface area contributed by atoms with Crippen molar-refractivity contribution in [1.82, 2.24) is 0 Å². The first-order valence-electron chi connectivity index (χ1n) is 8.55. The van der Waals surface area contributed by atoms with Gasteiger partial charge in [-0.3, -0.25) is 9.21 Å². The zero-order valence-corrected chi connectivity index (χ0v) is 17.9. The Morgan fingerprint density at radius 3 is 2.36 bits per heavy atom. The molecule has 8 nitrogen and oxygen atoms in total. The standard InChI is InChI=1S/C18H22N2O6S2/c1-18(2,3)26-17(22)19-6-7-20(28(5,23)24)13-8-11-9-15(16(21)25-4)27-14(11)10-12(13)19/h8-10H,6-7H2,1-5H3. The van der Waals surface area contributed by atoms with Crippen LogP contribution < -0.4 is 9.21 Å². The molecule has 0 fully saturated rings. The molecule has 0 saturated heterocycles. The zero-order valence-electron chi connectivity index (χ0n) is 16.3. The van der Waals surface area contributed by atoms with Crippen LogP contribution in [0.1, 0.15) is 30.4 Å². The number of sulfonamides is 1. The minimum atomic E-state index is -3.54. The fourth-order valence-corrected chi connectivity index (χ4v) is 4.88. The maximum absolute atomic E-state index is 12.7. The summed E-state index contributed by atoms with van der Waals surface area (Å²) < 4.78 is 36.8. The summed E-state index contributed by atoms with van der Waals surface area (Å²) in [7, 11) is -2.24. The topological polar surface area (TPSA) is 93.2 Å². The zero-order chi connectivity index (χ0) is 20.9. The maximum Gasteiger partial charge on any atom is 0.414 e. The largest absolute Gasteiger partial charge is 0.465 e. The number of fused-ring (bicyclic) bond motifs is 2. The van der Waals surface area contributed by atoms with Crippen LogP contribution in [0.3, 0.4) is 0 Å². The van der Waals surface area contributed by atoms with Gasteiger partial charge in [-0.2, -0.15) is 0 Å². The van der Waals surface area contributed by atoms with Gasteiger partial charge in [-0.15, -0.1) is 11.3 Å². The third-order valence-electron chi connectivity index (χ3n) is 4.10. The monoisotopic (exact) mass is 426 g/mol. The van der Waals surface area contributed by atoms with E-state index in [4.69, 9.17) is 9.47 Å². The van der Waals surface area contributed by atoms with Crippen molar-refractivity contribution >= 4 is 54.9 Å². The summed E-state index contributed by atoms with van der Waals surface area (Å²) in [5.41, 5.74) is 0.119. The van der Waals surface area contributed by atoms with E-state index in [-0.39, 0.29) is 13.1 Å². The highest BCUT2D eigenvalue weighted by Crippen LogP contribution is 2.41. The van der Waals surface area contributed by atoms with E-state index in [2.05, 4.69) is 0 Å². The number of benzene rings is 1. The molecule has 10 heteroatoms. The summed E-state index contributed by atoms with van der Waals surface area (Å²) in [5.74, 6) is -0.469. The van der Waals surface area contributed by atoms with E-state index >= 15 is 0 Å². The number of ether oxygens (including phenoxy) is 2. The Morgan fingerprint density at radius 2 is 1.79 bits per heavy atom. The number of anilines is 2. The molecule has 0 spiro atoms. The molecule has 0 atom stereocenters. The third-order valence-corrected chi connectivity index (χ3v) is 6.36. The molecule has 0 aliphatic carbocycles. The van der Waals surface area contributed by atoms with Crippen molar-refractivity contribution in [2.24, 2.45) is 0 Å². The predicted octanol–water partition coefficient (Wildman–Crippen LogP) is 3.21. The Kier molecular flexibility index (Phi) is 5.05. The van der Waals surface area contributed by atoms with Crippen molar-refractivity contribution in [2.45, 2.75) is 26.4 Å². The van der Waals surface area contributed by atoms with Crippen LogP contribution in [0.4, 0.5) is 16.2 Å². The number of nitrogens with zero attached hydrogens (tertiary/aromatic N) is 2. The number of esters is 1. The van der Waals surface area contributed by atoms with Gasteiger partial charge in [-0.25, -0.2) is 18.0 Å². The number of carbonyl (C=O) groups excluding carboxylic acids is 2. The van der Waals surface area contributed by atoms with Gasteiger partial charge in [0.15, 0.2) is 0 Å². The van der Waals surface area contributed by atoms with Crippen LogP contribution in [0.5, 0.6) is 0 Å². The van der Waals surface area contributed by atoms with E-state index in [1.54, 1.807) is 39.0 Å². The molecule has 2 aromatic rings. The summed E-state index contributed by atoms with van der Waals surface area (Å²) >= 11 is 1.22. The van der Waals surface area contributed by atoms with Crippen molar-refractivity contribution < 1.29 is 27.5 Å². The predicted molar refractivity (Wildman–Crippen MR) is 109 cm³/mol. The Balaban J connectivity index is 2.16. The Hall–Kier alpha value is -2.33. The van der Waals surface area contributed by atoms with Gasteiger partial charge in [0.25, 0.3) is 0 Å². The summed E-state index contributed by atoms with van der Waals surface area (Å²) in [6, 6.07) is 5.03. The van der Waals surface area contributed by atoms with Gasteiger partial charge in [-0.1, -0.05) is 0 Å². The molecule has 28 heavy (non-hydrogen) atoms. The number of thiophene rings is 1. The smallest absolute Gasteiger partial charge is 0.414 e. The molecule has 0 bridgehead atoms. The maximum atomic E-state index is 12.7. The molecule has 0 N–H and O–H groups in total. The normalized spacial score (nSPS) is 14.8. The van der Waals surface area contributed by atoms with E-state index in [0.717, 1.165) is 11.0 Å². The molecule has 1 aromatic heterocycles. The number of rotatable bonds is 2. The molecule has 0 unspecified atom stereocenters. The second-order valence-electron chi connectivity index (χ2n) is 7.45. The van der Waals surface area contributed by atoms with Crippen molar-refractivity contribution in [3.63, 3.8) is 0 Å². The third kappa shape index (κ3) is 3.93. The molecule has 1 amide bonds. The van der Waals surface area contributed by atoms with Crippen LogP contribution in [0.15, 0.2) is 18.2 Å². The molecule has 1 aliphatic rings. The highest BCUT2D eigenvalue weighted by atomic mass is 32.2. The molecule has 1 aliphatic heterocycles. The Morgan fingerprint density at radius 1 is 1.11 bits per heavy atom. The Bertz CT molecular complexity index is 1050. The van der Waals surface area contributed by atoms with E-state index in [1.807, 2.05) is 0 Å². The number of carbonyl (C=O) groups is 2. The fraction of sp³-hybridized carbons (Fsp3) is 0.444. The van der Waals surface area contributed by atoms with Crippen LogP contribution in [0.2, 0.25) is 0 Å². The summed E-state index contributed by atoms with van der Waals surface area (Å²) in [4.78, 5) is 26.4. The molecule has 1 aromatic carbocycles. The lowest BCUT2D eigenvalue weighted by Crippen LogP contribution is -2.47. The van der Waals surface area contributed by atoms with Gasteiger partial charge in [0.05, 0.1) is 31.3 Å². The summed E-state index contributed by atoms with van der Waals surface area (Å²) in [5, 5.41) is 0.698. The molecule has 2 heterocycles.